The Morgan fingerprint density at radius 2 is 2.35 bits per heavy atom. The number of nitrogens with one attached hydrogen (secondary N) is 1. The first-order valence-corrected chi connectivity index (χ1v) is 5.63. The fourth-order valence-corrected chi connectivity index (χ4v) is 2.02. The highest BCUT2D eigenvalue weighted by Gasteiger charge is 2.21. The summed E-state index contributed by atoms with van der Waals surface area (Å²) < 4.78 is 13.1. The summed E-state index contributed by atoms with van der Waals surface area (Å²) in [5.41, 5.74) is 1.43. The molecule has 0 unspecified atom stereocenters. The minimum Gasteiger partial charge on any atom is -0.346 e. The molecule has 3 heterocycles. The third kappa shape index (κ3) is 1.77. The van der Waals surface area contributed by atoms with Crippen molar-refractivity contribution >= 4 is 16.9 Å². The van der Waals surface area contributed by atoms with Crippen molar-refractivity contribution in [2.75, 3.05) is 13.1 Å². The predicted octanol–water partition coefficient (Wildman–Crippen LogP) is 1.48. The van der Waals surface area contributed by atoms with E-state index in [2.05, 4.69) is 9.97 Å². The molecule has 0 aromatic carbocycles. The fourth-order valence-electron chi connectivity index (χ4n) is 2.02. The number of aromatic amines is 1. The van der Waals surface area contributed by atoms with Crippen LogP contribution >= 0.6 is 0 Å². The quantitative estimate of drug-likeness (QED) is 0.854. The first-order valence-electron chi connectivity index (χ1n) is 5.63. The van der Waals surface area contributed by atoms with Gasteiger partial charge in [0.1, 0.15) is 11.5 Å². The van der Waals surface area contributed by atoms with Gasteiger partial charge in [-0.05, 0) is 18.1 Å². The molecular formula is C12H12FN3O. The second kappa shape index (κ2) is 3.84. The molecular weight excluding hydrogens is 221 g/mol. The van der Waals surface area contributed by atoms with Gasteiger partial charge in [0.25, 0.3) is 0 Å². The number of nitrogens with zero attached hydrogens (tertiary/aromatic N) is 2. The standard InChI is InChI=1S/C12H12FN3O/c13-9-5-10-8(6-14-12(10)15-7-9)4-11(17)16-2-1-3-16/h5-7H,1-4H2,(H,14,15). The largest absolute Gasteiger partial charge is 0.346 e. The lowest BCUT2D eigenvalue weighted by Gasteiger charge is -2.30. The van der Waals surface area contributed by atoms with Crippen LogP contribution in [0.2, 0.25) is 0 Å². The summed E-state index contributed by atoms with van der Waals surface area (Å²) in [6.07, 6.45) is 4.29. The van der Waals surface area contributed by atoms with E-state index in [1.54, 1.807) is 6.20 Å². The Bertz CT molecular complexity index is 574. The van der Waals surface area contributed by atoms with Crippen molar-refractivity contribution in [2.45, 2.75) is 12.8 Å². The van der Waals surface area contributed by atoms with Gasteiger partial charge in [-0.15, -0.1) is 0 Å². The molecule has 1 saturated heterocycles. The highest BCUT2D eigenvalue weighted by Crippen LogP contribution is 2.19. The number of fused-ring (bicyclic) bond motifs is 1. The zero-order valence-corrected chi connectivity index (χ0v) is 9.24. The van der Waals surface area contributed by atoms with Gasteiger partial charge in [0.15, 0.2) is 0 Å². The van der Waals surface area contributed by atoms with Gasteiger partial charge in [-0.2, -0.15) is 0 Å². The number of hydrogen-bond acceptors (Lipinski definition) is 2. The molecule has 2 aromatic heterocycles. The lowest BCUT2D eigenvalue weighted by atomic mass is 10.1. The molecule has 0 atom stereocenters. The number of hydrogen-bond donors (Lipinski definition) is 1. The summed E-state index contributed by atoms with van der Waals surface area (Å²) in [5.74, 6) is -0.281. The third-order valence-corrected chi connectivity index (χ3v) is 3.13. The molecule has 88 valence electrons. The molecule has 1 amide bonds. The molecule has 1 aliphatic rings. The van der Waals surface area contributed by atoms with Crippen LogP contribution in [-0.2, 0) is 11.2 Å². The van der Waals surface area contributed by atoms with Crippen molar-refractivity contribution < 1.29 is 9.18 Å². The second-order valence-corrected chi connectivity index (χ2v) is 4.27. The maximum absolute atomic E-state index is 13.1. The van der Waals surface area contributed by atoms with Crippen LogP contribution in [0.1, 0.15) is 12.0 Å². The first-order chi connectivity index (χ1) is 8.24. The summed E-state index contributed by atoms with van der Waals surface area (Å²) in [6, 6.07) is 1.41. The summed E-state index contributed by atoms with van der Waals surface area (Å²) in [5, 5.41) is 0.693. The van der Waals surface area contributed by atoms with E-state index in [0.29, 0.717) is 17.5 Å². The monoisotopic (exact) mass is 233 g/mol. The van der Waals surface area contributed by atoms with Crippen molar-refractivity contribution in [3.05, 3.63) is 29.8 Å². The SMILES string of the molecule is O=C(Cc1c[nH]c2ncc(F)cc12)N1CCC1. The highest BCUT2D eigenvalue weighted by molar-refractivity contribution is 5.87. The van der Waals surface area contributed by atoms with Crippen molar-refractivity contribution in [3.63, 3.8) is 0 Å². The lowest BCUT2D eigenvalue weighted by molar-refractivity contribution is -0.133. The third-order valence-electron chi connectivity index (χ3n) is 3.13. The van der Waals surface area contributed by atoms with Gasteiger partial charge in [-0.25, -0.2) is 9.37 Å². The number of rotatable bonds is 2. The van der Waals surface area contributed by atoms with Gasteiger partial charge in [0, 0.05) is 24.7 Å². The van der Waals surface area contributed by atoms with E-state index in [-0.39, 0.29) is 11.7 Å². The van der Waals surface area contributed by atoms with Crippen LogP contribution in [0.5, 0.6) is 0 Å². The first kappa shape index (κ1) is 10.3. The Hall–Kier alpha value is -1.91. The number of H-pyrrole nitrogens is 1. The summed E-state index contributed by atoms with van der Waals surface area (Å²) >= 11 is 0. The minimum atomic E-state index is -0.380. The van der Waals surface area contributed by atoms with Crippen molar-refractivity contribution in [1.82, 2.24) is 14.9 Å². The van der Waals surface area contributed by atoms with E-state index >= 15 is 0 Å². The van der Waals surface area contributed by atoms with E-state index in [1.807, 2.05) is 4.90 Å². The molecule has 2 aromatic rings. The van der Waals surface area contributed by atoms with Crippen LogP contribution < -0.4 is 0 Å². The van der Waals surface area contributed by atoms with Crippen LogP contribution in [0, 0.1) is 5.82 Å². The van der Waals surface area contributed by atoms with Crippen molar-refractivity contribution in [3.8, 4) is 0 Å². The molecule has 4 nitrogen and oxygen atoms in total. The topological polar surface area (TPSA) is 49.0 Å². The molecule has 0 spiro atoms. The fraction of sp³-hybridized carbons (Fsp3) is 0.333. The molecule has 1 aliphatic heterocycles. The number of carbonyl (C=O) groups is 1. The Morgan fingerprint density at radius 3 is 3.06 bits per heavy atom. The average molecular weight is 233 g/mol. The minimum absolute atomic E-state index is 0.0985. The molecule has 1 N–H and O–H groups in total. The van der Waals surface area contributed by atoms with Gasteiger partial charge >= 0.3 is 0 Å². The molecule has 0 aliphatic carbocycles. The number of carbonyl (C=O) groups excluding carboxylic acids is 1. The number of pyridine rings is 1. The molecule has 17 heavy (non-hydrogen) atoms. The summed E-state index contributed by atoms with van der Waals surface area (Å²) in [7, 11) is 0. The van der Waals surface area contributed by atoms with Crippen molar-refractivity contribution in [1.29, 1.82) is 0 Å². The normalized spacial score (nSPS) is 15.0. The number of halogens is 1. The van der Waals surface area contributed by atoms with Gasteiger partial charge in [0.05, 0.1) is 12.6 Å². The maximum atomic E-state index is 13.1. The van der Waals surface area contributed by atoms with Crippen molar-refractivity contribution in [2.24, 2.45) is 0 Å². The van der Waals surface area contributed by atoms with Crippen LogP contribution in [0.4, 0.5) is 4.39 Å². The van der Waals surface area contributed by atoms with E-state index in [0.717, 1.165) is 25.1 Å². The molecule has 0 radical (unpaired) electrons. The molecule has 0 bridgehead atoms. The van der Waals surface area contributed by atoms with Crippen LogP contribution in [0.3, 0.4) is 0 Å². The molecule has 5 heteroatoms. The van der Waals surface area contributed by atoms with Gasteiger partial charge < -0.3 is 9.88 Å². The summed E-state index contributed by atoms with van der Waals surface area (Å²) in [4.78, 5) is 20.5. The number of aromatic nitrogens is 2. The predicted molar refractivity (Wildman–Crippen MR) is 61.0 cm³/mol. The van der Waals surface area contributed by atoms with Crippen LogP contribution in [0.15, 0.2) is 18.5 Å². The highest BCUT2D eigenvalue weighted by atomic mass is 19.1. The summed E-state index contributed by atoms with van der Waals surface area (Å²) in [6.45, 7) is 1.68. The van der Waals surface area contributed by atoms with E-state index in [9.17, 15) is 9.18 Å². The zero-order chi connectivity index (χ0) is 11.8. The van der Waals surface area contributed by atoms with E-state index in [4.69, 9.17) is 0 Å². The van der Waals surface area contributed by atoms with Crippen LogP contribution in [-0.4, -0.2) is 33.9 Å². The van der Waals surface area contributed by atoms with Gasteiger partial charge in [-0.3, -0.25) is 4.79 Å². The van der Waals surface area contributed by atoms with E-state index < -0.39 is 0 Å². The second-order valence-electron chi connectivity index (χ2n) is 4.27. The molecule has 1 fully saturated rings. The zero-order valence-electron chi connectivity index (χ0n) is 9.24. The van der Waals surface area contributed by atoms with Gasteiger partial charge in [0.2, 0.25) is 5.91 Å². The molecule has 0 saturated carbocycles. The maximum Gasteiger partial charge on any atom is 0.227 e. The number of amides is 1. The Balaban J connectivity index is 1.89. The Kier molecular flexibility index (Phi) is 2.31. The molecule has 3 rings (SSSR count). The van der Waals surface area contributed by atoms with Gasteiger partial charge in [-0.1, -0.05) is 0 Å². The Morgan fingerprint density at radius 1 is 1.53 bits per heavy atom. The Labute approximate surface area is 97.4 Å². The lowest BCUT2D eigenvalue weighted by Crippen LogP contribution is -2.42. The number of likely N-dealkylation sites (tertiary alicyclic amines) is 1. The van der Waals surface area contributed by atoms with Crippen LogP contribution in [0.25, 0.3) is 11.0 Å². The van der Waals surface area contributed by atoms with E-state index in [1.165, 1.54) is 12.3 Å². The average Bonchev–Trinajstić information content (AvgIpc) is 2.58. The smallest absolute Gasteiger partial charge is 0.227 e.